The summed E-state index contributed by atoms with van der Waals surface area (Å²) in [6.45, 7) is 2.06. The van der Waals surface area contributed by atoms with Gasteiger partial charge in [0.05, 0.1) is 12.2 Å². The molecule has 0 bridgehead atoms. The third kappa shape index (κ3) is 4.93. The minimum Gasteiger partial charge on any atom is -0.481 e. The summed E-state index contributed by atoms with van der Waals surface area (Å²) >= 11 is 0. The third-order valence-corrected chi connectivity index (χ3v) is 4.73. The first-order valence-corrected chi connectivity index (χ1v) is 8.69. The number of hydrogen-bond acceptors (Lipinski definition) is 4. The first-order chi connectivity index (χ1) is 9.96. The molecule has 1 fully saturated rings. The maximum absolute atomic E-state index is 11.7. The molecule has 0 spiro atoms. The highest BCUT2D eigenvalue weighted by Gasteiger charge is 2.14. The fourth-order valence-electron chi connectivity index (χ4n) is 2.34. The molecule has 0 unspecified atom stereocenters. The van der Waals surface area contributed by atoms with Crippen LogP contribution in [0.25, 0.3) is 0 Å². The van der Waals surface area contributed by atoms with Gasteiger partial charge in [0, 0.05) is 24.5 Å². The number of sulfonamides is 1. The van der Waals surface area contributed by atoms with Crippen molar-refractivity contribution in [2.45, 2.75) is 25.7 Å². The number of carbonyl (C=O) groups is 1. The van der Waals surface area contributed by atoms with E-state index in [9.17, 15) is 13.2 Å². The average Bonchev–Trinajstić information content (AvgIpc) is 2.47. The fraction of sp³-hybridized carbons (Fsp3) is 0.500. The molecule has 6 nitrogen and oxygen atoms in total. The van der Waals surface area contributed by atoms with Crippen LogP contribution in [0.5, 0.6) is 0 Å². The Morgan fingerprint density at radius 2 is 1.76 bits per heavy atom. The molecular weight excluding hydrogens is 292 g/mol. The molecule has 1 aromatic carbocycles. The highest BCUT2D eigenvalue weighted by Crippen LogP contribution is 2.22. The number of anilines is 2. The van der Waals surface area contributed by atoms with Crippen LogP contribution < -0.4 is 9.62 Å². The van der Waals surface area contributed by atoms with Gasteiger partial charge in [0.1, 0.15) is 0 Å². The Morgan fingerprint density at radius 3 is 2.33 bits per heavy atom. The summed E-state index contributed by atoms with van der Waals surface area (Å²) in [5.74, 6) is -1.54. The molecule has 1 saturated heterocycles. The van der Waals surface area contributed by atoms with Crippen molar-refractivity contribution in [1.82, 2.24) is 0 Å². The van der Waals surface area contributed by atoms with Gasteiger partial charge in [0.25, 0.3) is 0 Å². The van der Waals surface area contributed by atoms with Crippen LogP contribution in [0.1, 0.15) is 25.7 Å². The number of nitrogens with one attached hydrogen (secondary N) is 1. The van der Waals surface area contributed by atoms with Crippen LogP contribution in [-0.2, 0) is 14.8 Å². The van der Waals surface area contributed by atoms with E-state index in [2.05, 4.69) is 9.62 Å². The molecule has 2 rings (SSSR count). The minimum absolute atomic E-state index is 0.402. The van der Waals surface area contributed by atoms with E-state index < -0.39 is 28.2 Å². The molecule has 0 aromatic heterocycles. The van der Waals surface area contributed by atoms with Gasteiger partial charge >= 0.3 is 5.97 Å². The van der Waals surface area contributed by atoms with E-state index in [1.807, 2.05) is 12.1 Å². The van der Waals surface area contributed by atoms with Crippen molar-refractivity contribution in [2.75, 3.05) is 28.5 Å². The van der Waals surface area contributed by atoms with E-state index in [-0.39, 0.29) is 0 Å². The van der Waals surface area contributed by atoms with Gasteiger partial charge in [0.2, 0.25) is 10.0 Å². The average molecular weight is 312 g/mol. The predicted octanol–water partition coefficient (Wildman–Crippen LogP) is 1.89. The molecule has 1 aliphatic rings. The number of benzene rings is 1. The summed E-state index contributed by atoms with van der Waals surface area (Å²) < 4.78 is 25.8. The molecule has 2 N–H and O–H groups in total. The zero-order valence-electron chi connectivity index (χ0n) is 11.8. The van der Waals surface area contributed by atoms with Gasteiger partial charge in [-0.25, -0.2) is 8.42 Å². The summed E-state index contributed by atoms with van der Waals surface area (Å²) in [6, 6.07) is 7.20. The van der Waals surface area contributed by atoms with Gasteiger partial charge in [-0.1, -0.05) is 0 Å². The van der Waals surface area contributed by atoms with Crippen molar-refractivity contribution < 1.29 is 18.3 Å². The highest BCUT2D eigenvalue weighted by molar-refractivity contribution is 7.92. The largest absolute Gasteiger partial charge is 0.481 e. The molecule has 0 aliphatic carbocycles. The molecule has 0 saturated carbocycles. The quantitative estimate of drug-likeness (QED) is 0.837. The topological polar surface area (TPSA) is 86.7 Å². The Balaban J connectivity index is 1.97. The van der Waals surface area contributed by atoms with Crippen LogP contribution in [0.3, 0.4) is 0 Å². The smallest absolute Gasteiger partial charge is 0.304 e. The van der Waals surface area contributed by atoms with E-state index in [1.54, 1.807) is 12.1 Å². The number of nitrogens with zero attached hydrogens (tertiary/aromatic N) is 1. The molecule has 21 heavy (non-hydrogen) atoms. The summed E-state index contributed by atoms with van der Waals surface area (Å²) in [5, 5.41) is 8.53. The lowest BCUT2D eigenvalue weighted by Gasteiger charge is -2.28. The van der Waals surface area contributed by atoms with Gasteiger partial charge < -0.3 is 10.0 Å². The zero-order chi connectivity index (χ0) is 15.3. The zero-order valence-corrected chi connectivity index (χ0v) is 12.6. The van der Waals surface area contributed by atoms with E-state index in [1.165, 1.54) is 19.3 Å². The molecule has 1 heterocycles. The first-order valence-electron chi connectivity index (χ1n) is 7.03. The Labute approximate surface area is 124 Å². The molecular formula is C14H20N2O4S. The van der Waals surface area contributed by atoms with E-state index in [0.717, 1.165) is 18.8 Å². The number of rotatable bonds is 6. The maximum Gasteiger partial charge on any atom is 0.304 e. The standard InChI is InChI=1S/C14H20N2O4S/c17-14(18)8-11-21(19,20)15-12-4-6-13(7-5-12)16-9-2-1-3-10-16/h4-7,15H,1-3,8-11H2,(H,17,18). The van der Waals surface area contributed by atoms with Crippen LogP contribution in [0.4, 0.5) is 11.4 Å². The number of aliphatic carboxylic acids is 1. The van der Waals surface area contributed by atoms with Crippen molar-refractivity contribution >= 4 is 27.4 Å². The molecule has 1 aromatic rings. The van der Waals surface area contributed by atoms with Gasteiger partial charge in [-0.2, -0.15) is 0 Å². The van der Waals surface area contributed by atoms with E-state index >= 15 is 0 Å². The van der Waals surface area contributed by atoms with Crippen molar-refractivity contribution in [3.63, 3.8) is 0 Å². The minimum atomic E-state index is -3.61. The van der Waals surface area contributed by atoms with Crippen molar-refractivity contribution in [3.8, 4) is 0 Å². The lowest BCUT2D eigenvalue weighted by molar-refractivity contribution is -0.136. The van der Waals surface area contributed by atoms with Gasteiger partial charge in [-0.3, -0.25) is 9.52 Å². The normalized spacial score (nSPS) is 15.7. The molecule has 0 amide bonds. The molecule has 0 atom stereocenters. The second-order valence-corrected chi connectivity index (χ2v) is 7.00. The third-order valence-electron chi connectivity index (χ3n) is 3.45. The van der Waals surface area contributed by atoms with Crippen LogP contribution in [-0.4, -0.2) is 38.3 Å². The number of carboxylic acids is 1. The number of carboxylic acid groups (broad SMARTS) is 1. The summed E-state index contributed by atoms with van der Waals surface area (Å²) in [7, 11) is -3.61. The first kappa shape index (κ1) is 15.6. The second-order valence-electron chi connectivity index (χ2n) is 5.16. The number of hydrogen-bond donors (Lipinski definition) is 2. The monoisotopic (exact) mass is 312 g/mol. The van der Waals surface area contributed by atoms with Gasteiger partial charge in [0.15, 0.2) is 0 Å². The van der Waals surface area contributed by atoms with Crippen LogP contribution in [0.2, 0.25) is 0 Å². The fourth-order valence-corrected chi connectivity index (χ4v) is 3.39. The number of piperidine rings is 1. The second kappa shape index (κ2) is 6.80. The van der Waals surface area contributed by atoms with Crippen LogP contribution >= 0.6 is 0 Å². The summed E-state index contributed by atoms with van der Waals surface area (Å²) in [5.41, 5.74) is 1.55. The SMILES string of the molecule is O=C(O)CCS(=O)(=O)Nc1ccc(N2CCCCC2)cc1. The Kier molecular flexibility index (Phi) is 5.06. The lowest BCUT2D eigenvalue weighted by atomic mass is 10.1. The van der Waals surface area contributed by atoms with Crippen LogP contribution in [0, 0.1) is 0 Å². The van der Waals surface area contributed by atoms with Crippen molar-refractivity contribution in [3.05, 3.63) is 24.3 Å². The van der Waals surface area contributed by atoms with Crippen molar-refractivity contribution in [2.24, 2.45) is 0 Å². The Bertz CT molecular complexity index is 577. The molecule has 116 valence electrons. The lowest BCUT2D eigenvalue weighted by Crippen LogP contribution is -2.29. The van der Waals surface area contributed by atoms with Crippen LogP contribution in [0.15, 0.2) is 24.3 Å². The van der Waals surface area contributed by atoms with Gasteiger partial charge in [-0.15, -0.1) is 0 Å². The Morgan fingerprint density at radius 1 is 1.14 bits per heavy atom. The molecule has 0 radical (unpaired) electrons. The highest BCUT2D eigenvalue weighted by atomic mass is 32.2. The molecule has 7 heteroatoms. The predicted molar refractivity (Wildman–Crippen MR) is 82.2 cm³/mol. The van der Waals surface area contributed by atoms with Crippen molar-refractivity contribution in [1.29, 1.82) is 0 Å². The van der Waals surface area contributed by atoms with E-state index in [4.69, 9.17) is 5.11 Å². The maximum atomic E-state index is 11.7. The van der Waals surface area contributed by atoms with E-state index in [0.29, 0.717) is 5.69 Å². The summed E-state index contributed by atoms with van der Waals surface area (Å²) in [4.78, 5) is 12.7. The van der Waals surface area contributed by atoms with Gasteiger partial charge in [-0.05, 0) is 43.5 Å². The Hall–Kier alpha value is -1.76. The molecule has 1 aliphatic heterocycles. The summed E-state index contributed by atoms with van der Waals surface area (Å²) in [6.07, 6.45) is 3.23.